The fourth-order valence-electron chi connectivity index (χ4n) is 1.08. The number of rotatable bonds is 3. The predicted molar refractivity (Wildman–Crippen MR) is 63.1 cm³/mol. The van der Waals surface area contributed by atoms with E-state index in [1.54, 1.807) is 22.6 Å². The van der Waals surface area contributed by atoms with Gasteiger partial charge in [0.25, 0.3) is 5.91 Å². The van der Waals surface area contributed by atoms with Crippen molar-refractivity contribution in [3.63, 3.8) is 0 Å². The molecule has 16 heavy (non-hydrogen) atoms. The van der Waals surface area contributed by atoms with Gasteiger partial charge >= 0.3 is 0 Å². The largest absolute Gasteiger partial charge is 0.394 e. The van der Waals surface area contributed by atoms with Crippen LogP contribution in [0.1, 0.15) is 17.3 Å². The molecular weight excluding hydrogens is 331 g/mol. The first-order valence-corrected chi connectivity index (χ1v) is 5.60. The Morgan fingerprint density at radius 2 is 2.19 bits per heavy atom. The fourth-order valence-corrected chi connectivity index (χ4v) is 1.53. The molecule has 1 amide bonds. The molecule has 0 aliphatic carbocycles. The van der Waals surface area contributed by atoms with Gasteiger partial charge in [-0.05, 0) is 41.6 Å². The first-order chi connectivity index (χ1) is 7.47. The van der Waals surface area contributed by atoms with Crippen LogP contribution in [0.4, 0.5) is 8.78 Å². The van der Waals surface area contributed by atoms with Crippen LogP contribution >= 0.6 is 22.6 Å². The maximum absolute atomic E-state index is 13.5. The van der Waals surface area contributed by atoms with Crippen molar-refractivity contribution >= 4 is 28.5 Å². The van der Waals surface area contributed by atoms with Crippen LogP contribution in [0.2, 0.25) is 0 Å². The van der Waals surface area contributed by atoms with Gasteiger partial charge in [0, 0.05) is 9.61 Å². The average Bonchev–Trinajstić information content (AvgIpc) is 2.24. The fraction of sp³-hybridized carbons (Fsp3) is 0.300. The highest BCUT2D eigenvalue weighted by atomic mass is 127. The van der Waals surface area contributed by atoms with Crippen LogP contribution in [0.3, 0.4) is 0 Å². The minimum absolute atomic E-state index is 0.167. The number of aliphatic hydroxyl groups is 1. The third-order valence-electron chi connectivity index (χ3n) is 1.92. The van der Waals surface area contributed by atoms with E-state index < -0.39 is 29.1 Å². The summed E-state index contributed by atoms with van der Waals surface area (Å²) >= 11 is 1.67. The molecule has 1 aromatic rings. The molecule has 0 saturated heterocycles. The summed E-state index contributed by atoms with van der Waals surface area (Å²) in [4.78, 5) is 11.5. The highest BCUT2D eigenvalue weighted by molar-refractivity contribution is 14.1. The van der Waals surface area contributed by atoms with Crippen molar-refractivity contribution in [1.29, 1.82) is 0 Å². The highest BCUT2D eigenvalue weighted by Crippen LogP contribution is 2.18. The lowest BCUT2D eigenvalue weighted by atomic mass is 10.1. The van der Waals surface area contributed by atoms with Crippen molar-refractivity contribution in [3.8, 4) is 0 Å². The minimum atomic E-state index is -0.916. The standard InChI is InChI=1S/C10H10F2INO2/c1-5(4-15)14-10(16)8-6(11)2-3-7(13)9(8)12/h2-3,5,15H,4H2,1H3,(H,14,16)/t5-/m0/s1. The van der Waals surface area contributed by atoms with Crippen molar-refractivity contribution < 1.29 is 18.7 Å². The average molecular weight is 341 g/mol. The molecule has 6 heteroatoms. The Morgan fingerprint density at radius 1 is 1.56 bits per heavy atom. The Balaban J connectivity index is 3.03. The topological polar surface area (TPSA) is 49.3 Å². The van der Waals surface area contributed by atoms with Gasteiger partial charge in [0.2, 0.25) is 0 Å². The molecule has 0 radical (unpaired) electrons. The van der Waals surface area contributed by atoms with Crippen molar-refractivity contribution in [2.75, 3.05) is 6.61 Å². The van der Waals surface area contributed by atoms with Gasteiger partial charge in [0.1, 0.15) is 11.4 Å². The first kappa shape index (κ1) is 13.3. The summed E-state index contributed by atoms with van der Waals surface area (Å²) in [5, 5.41) is 11.0. The molecule has 0 aromatic heterocycles. The summed E-state index contributed by atoms with van der Waals surface area (Å²) in [6.45, 7) is 1.24. The summed E-state index contributed by atoms with van der Waals surface area (Å²) in [6, 6.07) is 1.73. The Morgan fingerprint density at radius 3 is 2.75 bits per heavy atom. The molecule has 2 N–H and O–H groups in total. The first-order valence-electron chi connectivity index (χ1n) is 4.52. The molecule has 0 bridgehead atoms. The zero-order chi connectivity index (χ0) is 12.3. The van der Waals surface area contributed by atoms with Crippen molar-refractivity contribution in [2.45, 2.75) is 13.0 Å². The van der Waals surface area contributed by atoms with Crippen molar-refractivity contribution in [3.05, 3.63) is 32.9 Å². The van der Waals surface area contributed by atoms with Gasteiger partial charge in [-0.15, -0.1) is 0 Å². The Kier molecular flexibility index (Phi) is 4.60. The molecule has 88 valence electrons. The van der Waals surface area contributed by atoms with Crippen LogP contribution < -0.4 is 5.32 Å². The zero-order valence-corrected chi connectivity index (χ0v) is 10.6. The van der Waals surface area contributed by atoms with E-state index in [1.165, 1.54) is 13.0 Å². The second-order valence-electron chi connectivity index (χ2n) is 3.28. The van der Waals surface area contributed by atoms with Crippen LogP contribution in [0, 0.1) is 15.2 Å². The van der Waals surface area contributed by atoms with Crippen LogP contribution in [0.5, 0.6) is 0 Å². The predicted octanol–water partition coefficient (Wildman–Crippen LogP) is 1.68. The lowest BCUT2D eigenvalue weighted by Crippen LogP contribution is -2.36. The smallest absolute Gasteiger partial charge is 0.257 e. The van der Waals surface area contributed by atoms with E-state index in [0.717, 1.165) is 6.07 Å². The summed E-state index contributed by atoms with van der Waals surface area (Å²) < 4.78 is 26.9. The van der Waals surface area contributed by atoms with Crippen molar-refractivity contribution in [2.24, 2.45) is 0 Å². The highest BCUT2D eigenvalue weighted by Gasteiger charge is 2.20. The SMILES string of the molecule is C[C@@H](CO)NC(=O)c1c(F)ccc(I)c1F. The van der Waals surface area contributed by atoms with Crippen LogP contribution in [0.25, 0.3) is 0 Å². The molecular formula is C10H10F2INO2. The molecule has 0 spiro atoms. The second kappa shape index (κ2) is 5.53. The van der Waals surface area contributed by atoms with Gasteiger partial charge in [-0.25, -0.2) is 8.78 Å². The van der Waals surface area contributed by atoms with Gasteiger partial charge < -0.3 is 10.4 Å². The molecule has 1 aromatic carbocycles. The number of hydrogen-bond acceptors (Lipinski definition) is 2. The third kappa shape index (κ3) is 2.88. The van der Waals surface area contributed by atoms with Gasteiger partial charge in [-0.2, -0.15) is 0 Å². The third-order valence-corrected chi connectivity index (χ3v) is 2.76. The molecule has 0 unspecified atom stereocenters. The lowest BCUT2D eigenvalue weighted by Gasteiger charge is -2.12. The molecule has 0 heterocycles. The molecule has 3 nitrogen and oxygen atoms in total. The van der Waals surface area contributed by atoms with Gasteiger partial charge in [-0.1, -0.05) is 0 Å². The van der Waals surface area contributed by atoms with Crippen LogP contribution in [-0.4, -0.2) is 23.7 Å². The van der Waals surface area contributed by atoms with E-state index in [0.29, 0.717) is 0 Å². The number of nitrogens with one attached hydrogen (secondary N) is 1. The summed E-state index contributed by atoms with van der Waals surface area (Å²) in [5.74, 6) is -2.67. The van der Waals surface area contributed by atoms with Crippen LogP contribution in [-0.2, 0) is 0 Å². The normalized spacial score (nSPS) is 12.3. The molecule has 0 aliphatic rings. The van der Waals surface area contributed by atoms with E-state index in [9.17, 15) is 13.6 Å². The van der Waals surface area contributed by atoms with Crippen LogP contribution in [0.15, 0.2) is 12.1 Å². The number of hydrogen-bond donors (Lipinski definition) is 2. The monoisotopic (exact) mass is 341 g/mol. The molecule has 0 fully saturated rings. The van der Waals surface area contributed by atoms with E-state index in [1.807, 2.05) is 0 Å². The van der Waals surface area contributed by atoms with E-state index >= 15 is 0 Å². The van der Waals surface area contributed by atoms with Crippen molar-refractivity contribution in [1.82, 2.24) is 5.32 Å². The number of carbonyl (C=O) groups excluding carboxylic acids is 1. The number of halogens is 3. The van der Waals surface area contributed by atoms with E-state index in [-0.39, 0.29) is 10.2 Å². The second-order valence-corrected chi connectivity index (χ2v) is 4.44. The van der Waals surface area contributed by atoms with Gasteiger partial charge in [0.05, 0.1) is 6.61 Å². The summed E-state index contributed by atoms with van der Waals surface area (Å²) in [5.41, 5.74) is -0.618. The van der Waals surface area contributed by atoms with E-state index in [4.69, 9.17) is 5.11 Å². The number of carbonyl (C=O) groups is 1. The molecule has 1 rings (SSSR count). The number of benzene rings is 1. The molecule has 1 atom stereocenters. The summed E-state index contributed by atoms with van der Waals surface area (Å²) in [7, 11) is 0. The quantitative estimate of drug-likeness (QED) is 0.649. The maximum Gasteiger partial charge on any atom is 0.257 e. The minimum Gasteiger partial charge on any atom is -0.394 e. The molecule has 0 aliphatic heterocycles. The van der Waals surface area contributed by atoms with E-state index in [2.05, 4.69) is 5.32 Å². The number of aliphatic hydroxyl groups excluding tert-OH is 1. The molecule has 0 saturated carbocycles. The Bertz CT molecular complexity index is 412. The maximum atomic E-state index is 13.5. The van der Waals surface area contributed by atoms with Gasteiger partial charge in [0.15, 0.2) is 5.82 Å². The Labute approximate surface area is 105 Å². The zero-order valence-electron chi connectivity index (χ0n) is 8.43. The Hall–Kier alpha value is -0.760. The van der Waals surface area contributed by atoms with Gasteiger partial charge in [-0.3, -0.25) is 4.79 Å². The summed E-state index contributed by atoms with van der Waals surface area (Å²) in [6.07, 6.45) is 0. The number of amides is 1. The lowest BCUT2D eigenvalue weighted by molar-refractivity contribution is 0.0913.